The molecule has 18 heavy (non-hydrogen) atoms. The van der Waals surface area contributed by atoms with Crippen LogP contribution in [0.2, 0.25) is 0 Å². The first-order valence-electron chi connectivity index (χ1n) is 6.84. The van der Waals surface area contributed by atoms with Crippen LogP contribution in [0.3, 0.4) is 0 Å². The third-order valence-electron chi connectivity index (χ3n) is 3.85. The predicted octanol–water partition coefficient (Wildman–Crippen LogP) is 0.336. The number of carbonyl (C=O) groups excluding carboxylic acids is 2. The van der Waals surface area contributed by atoms with E-state index in [-0.39, 0.29) is 17.9 Å². The molecule has 0 spiro atoms. The molecule has 0 radical (unpaired) electrons. The molecule has 1 heterocycles. The minimum Gasteiger partial charge on any atom is -0.338 e. The largest absolute Gasteiger partial charge is 0.338 e. The Labute approximate surface area is 108 Å². The number of carbonyl (C=O) groups is 2. The lowest BCUT2D eigenvalue weighted by molar-refractivity contribution is -0.136. The Hall–Kier alpha value is -1.10. The average Bonchev–Trinajstić information content (AvgIpc) is 3.03. The Morgan fingerprint density at radius 1 is 1.39 bits per heavy atom. The standard InChI is InChI=1S/C13H23N3O2/c1-9(14)13(18)15-7-3-4-12(15)8-16(10(2)17)11-5-6-11/h9,11-12H,3-8,14H2,1-2H3/t9-,12?/m0/s1. The highest BCUT2D eigenvalue weighted by Gasteiger charge is 2.36. The summed E-state index contributed by atoms with van der Waals surface area (Å²) in [6, 6.07) is 0.126. The van der Waals surface area contributed by atoms with Gasteiger partial charge in [-0.25, -0.2) is 0 Å². The minimum absolute atomic E-state index is 0.0109. The van der Waals surface area contributed by atoms with Gasteiger partial charge in [-0.3, -0.25) is 9.59 Å². The van der Waals surface area contributed by atoms with Gasteiger partial charge in [-0.2, -0.15) is 0 Å². The van der Waals surface area contributed by atoms with Crippen molar-refractivity contribution in [3.63, 3.8) is 0 Å². The summed E-state index contributed by atoms with van der Waals surface area (Å²) in [5.74, 6) is 0.134. The van der Waals surface area contributed by atoms with Crippen LogP contribution in [0.4, 0.5) is 0 Å². The van der Waals surface area contributed by atoms with Crippen LogP contribution in [0.1, 0.15) is 39.5 Å². The number of nitrogens with two attached hydrogens (primary N) is 1. The van der Waals surface area contributed by atoms with E-state index in [2.05, 4.69) is 0 Å². The van der Waals surface area contributed by atoms with E-state index in [1.165, 1.54) is 0 Å². The Morgan fingerprint density at radius 2 is 2.06 bits per heavy atom. The van der Waals surface area contributed by atoms with Gasteiger partial charge in [0.2, 0.25) is 11.8 Å². The number of likely N-dealkylation sites (tertiary alicyclic amines) is 1. The zero-order valence-electron chi connectivity index (χ0n) is 11.3. The zero-order chi connectivity index (χ0) is 13.3. The molecule has 0 aromatic heterocycles. The van der Waals surface area contributed by atoms with E-state index in [9.17, 15) is 9.59 Å². The zero-order valence-corrected chi connectivity index (χ0v) is 11.3. The maximum Gasteiger partial charge on any atom is 0.239 e. The molecule has 102 valence electrons. The second-order valence-electron chi connectivity index (χ2n) is 5.52. The number of amides is 2. The molecule has 0 aromatic rings. The monoisotopic (exact) mass is 253 g/mol. The van der Waals surface area contributed by atoms with Crippen LogP contribution in [-0.2, 0) is 9.59 Å². The van der Waals surface area contributed by atoms with Crippen LogP contribution in [0.15, 0.2) is 0 Å². The molecule has 0 bridgehead atoms. The maximum absolute atomic E-state index is 12.0. The molecule has 5 heteroatoms. The summed E-state index contributed by atoms with van der Waals surface area (Å²) in [7, 11) is 0. The number of hydrogen-bond donors (Lipinski definition) is 1. The summed E-state index contributed by atoms with van der Waals surface area (Å²) in [6.45, 7) is 4.80. The topological polar surface area (TPSA) is 66.6 Å². The molecule has 1 unspecified atom stereocenters. The van der Waals surface area contributed by atoms with Gasteiger partial charge in [-0.1, -0.05) is 0 Å². The molecule has 5 nitrogen and oxygen atoms in total. The highest BCUT2D eigenvalue weighted by molar-refractivity contribution is 5.82. The molecule has 2 amide bonds. The van der Waals surface area contributed by atoms with E-state index in [0.717, 1.165) is 32.2 Å². The summed E-state index contributed by atoms with van der Waals surface area (Å²) in [5.41, 5.74) is 5.67. The van der Waals surface area contributed by atoms with Gasteiger partial charge in [0.1, 0.15) is 0 Å². The first-order chi connectivity index (χ1) is 8.50. The third-order valence-corrected chi connectivity index (χ3v) is 3.85. The van der Waals surface area contributed by atoms with Crippen LogP contribution < -0.4 is 5.73 Å². The molecule has 1 saturated carbocycles. The fourth-order valence-electron chi connectivity index (χ4n) is 2.73. The second kappa shape index (κ2) is 5.26. The van der Waals surface area contributed by atoms with Gasteiger partial charge in [0.25, 0.3) is 0 Å². The summed E-state index contributed by atoms with van der Waals surface area (Å²) in [6.07, 6.45) is 4.20. The van der Waals surface area contributed by atoms with Gasteiger partial charge in [-0.05, 0) is 32.6 Å². The van der Waals surface area contributed by atoms with Crippen molar-refractivity contribution in [2.75, 3.05) is 13.1 Å². The highest BCUT2D eigenvalue weighted by atomic mass is 16.2. The number of rotatable bonds is 4. The lowest BCUT2D eigenvalue weighted by Crippen LogP contribution is -2.49. The Bertz CT molecular complexity index is 339. The molecule has 2 rings (SSSR count). The molecule has 1 saturated heterocycles. The molecule has 2 atom stereocenters. The average molecular weight is 253 g/mol. The van der Waals surface area contributed by atoms with Crippen molar-refractivity contribution in [1.29, 1.82) is 0 Å². The molecule has 2 aliphatic rings. The summed E-state index contributed by atoms with van der Waals surface area (Å²) < 4.78 is 0. The van der Waals surface area contributed by atoms with Gasteiger partial charge < -0.3 is 15.5 Å². The Morgan fingerprint density at radius 3 is 2.56 bits per heavy atom. The Balaban J connectivity index is 1.98. The van der Waals surface area contributed by atoms with Gasteiger partial charge in [0.05, 0.1) is 6.04 Å². The second-order valence-corrected chi connectivity index (χ2v) is 5.52. The maximum atomic E-state index is 12.0. The van der Waals surface area contributed by atoms with Crippen LogP contribution in [0.5, 0.6) is 0 Å². The third kappa shape index (κ3) is 2.83. The van der Waals surface area contributed by atoms with Crippen molar-refractivity contribution in [1.82, 2.24) is 9.80 Å². The van der Waals surface area contributed by atoms with Gasteiger partial charge in [0.15, 0.2) is 0 Å². The van der Waals surface area contributed by atoms with E-state index in [1.807, 2.05) is 9.80 Å². The van der Waals surface area contributed by atoms with E-state index in [0.29, 0.717) is 12.6 Å². The predicted molar refractivity (Wildman–Crippen MR) is 68.8 cm³/mol. The summed E-state index contributed by atoms with van der Waals surface area (Å²) in [4.78, 5) is 27.4. The fourth-order valence-corrected chi connectivity index (χ4v) is 2.73. The van der Waals surface area contributed by atoms with Crippen LogP contribution >= 0.6 is 0 Å². The molecular weight excluding hydrogens is 230 g/mol. The molecular formula is C13H23N3O2. The van der Waals surface area contributed by atoms with Crippen molar-refractivity contribution >= 4 is 11.8 Å². The summed E-state index contributed by atoms with van der Waals surface area (Å²) >= 11 is 0. The van der Waals surface area contributed by atoms with E-state index in [1.54, 1.807) is 13.8 Å². The number of hydrogen-bond acceptors (Lipinski definition) is 3. The van der Waals surface area contributed by atoms with Crippen LogP contribution in [0.25, 0.3) is 0 Å². The van der Waals surface area contributed by atoms with E-state index < -0.39 is 6.04 Å². The van der Waals surface area contributed by atoms with E-state index >= 15 is 0 Å². The molecule has 1 aliphatic carbocycles. The van der Waals surface area contributed by atoms with Crippen molar-refractivity contribution in [2.24, 2.45) is 5.73 Å². The van der Waals surface area contributed by atoms with Crippen LogP contribution in [-0.4, -0.2) is 52.8 Å². The first-order valence-corrected chi connectivity index (χ1v) is 6.84. The molecule has 0 aromatic carbocycles. The Kier molecular flexibility index (Phi) is 3.90. The van der Waals surface area contributed by atoms with Crippen molar-refractivity contribution in [3.05, 3.63) is 0 Å². The van der Waals surface area contributed by atoms with Crippen molar-refractivity contribution in [2.45, 2.75) is 57.7 Å². The van der Waals surface area contributed by atoms with Gasteiger partial charge >= 0.3 is 0 Å². The first kappa shape index (κ1) is 13.3. The number of nitrogens with zero attached hydrogens (tertiary/aromatic N) is 2. The van der Waals surface area contributed by atoms with Crippen LogP contribution in [0, 0.1) is 0 Å². The lowest BCUT2D eigenvalue weighted by Gasteiger charge is -2.31. The lowest BCUT2D eigenvalue weighted by atomic mass is 10.2. The molecule has 2 N–H and O–H groups in total. The smallest absolute Gasteiger partial charge is 0.239 e. The molecule has 1 aliphatic heterocycles. The normalized spacial score (nSPS) is 25.1. The van der Waals surface area contributed by atoms with Crippen molar-refractivity contribution < 1.29 is 9.59 Å². The minimum atomic E-state index is -0.447. The van der Waals surface area contributed by atoms with Crippen molar-refractivity contribution in [3.8, 4) is 0 Å². The van der Waals surface area contributed by atoms with E-state index in [4.69, 9.17) is 5.73 Å². The van der Waals surface area contributed by atoms with Gasteiger partial charge in [0, 0.05) is 32.1 Å². The molecule has 2 fully saturated rings. The summed E-state index contributed by atoms with van der Waals surface area (Å²) in [5, 5.41) is 0. The SMILES string of the molecule is CC(=O)N(CC1CCCN1C(=O)[C@H](C)N)C1CC1. The van der Waals surface area contributed by atoms with Gasteiger partial charge in [-0.15, -0.1) is 0 Å². The fraction of sp³-hybridized carbons (Fsp3) is 0.846. The highest BCUT2D eigenvalue weighted by Crippen LogP contribution is 2.29. The quantitative estimate of drug-likeness (QED) is 0.785.